The molecular formula is C27H28FN7O6S. The quantitative estimate of drug-likeness (QED) is 0.237. The lowest BCUT2D eigenvalue weighted by Gasteiger charge is -2.23. The molecule has 0 N–H and O–H groups in total. The van der Waals surface area contributed by atoms with Gasteiger partial charge >= 0.3 is 5.69 Å². The van der Waals surface area contributed by atoms with Gasteiger partial charge in [-0.05, 0) is 31.5 Å². The van der Waals surface area contributed by atoms with Crippen LogP contribution in [-0.4, -0.2) is 75.5 Å². The second kappa shape index (κ2) is 12.2. The number of hydrogen-bond acceptors (Lipinski definition) is 10. The number of halogens is 1. The van der Waals surface area contributed by atoms with Crippen LogP contribution in [0.2, 0.25) is 0 Å². The number of hydrogen-bond donors (Lipinski definition) is 0. The van der Waals surface area contributed by atoms with Crippen molar-refractivity contribution in [1.29, 1.82) is 5.26 Å². The summed E-state index contributed by atoms with van der Waals surface area (Å²) in [7, 11) is 3.12. The number of aromatic nitrogens is 5. The highest BCUT2D eigenvalue weighted by atomic mass is 32.1. The van der Waals surface area contributed by atoms with E-state index in [9.17, 15) is 18.8 Å². The number of nitrogens with zero attached hydrogens (tertiary/aromatic N) is 7. The number of fused-ring (bicyclic) bond motifs is 1. The molecule has 1 aliphatic heterocycles. The topological polar surface area (TPSA) is 147 Å². The summed E-state index contributed by atoms with van der Waals surface area (Å²) in [6.45, 7) is 1.96. The Morgan fingerprint density at radius 1 is 1.21 bits per heavy atom. The molecule has 0 saturated carbocycles. The number of methoxy groups -OCH3 is 1. The molecule has 1 amide bonds. The average molecular weight is 598 g/mol. The first-order valence-electron chi connectivity index (χ1n) is 13.1. The van der Waals surface area contributed by atoms with Gasteiger partial charge in [-0.15, -0.1) is 4.80 Å². The van der Waals surface area contributed by atoms with E-state index in [1.807, 2.05) is 6.07 Å². The number of benzene rings is 1. The fourth-order valence-electron chi connectivity index (χ4n) is 5.04. The number of thiophene rings is 1. The summed E-state index contributed by atoms with van der Waals surface area (Å²) < 4.78 is 33.7. The zero-order valence-electron chi connectivity index (χ0n) is 23.2. The molecule has 0 spiro atoms. The van der Waals surface area contributed by atoms with E-state index >= 15 is 0 Å². The first kappa shape index (κ1) is 29.1. The molecule has 2 atom stereocenters. The van der Waals surface area contributed by atoms with Gasteiger partial charge in [0.25, 0.3) is 5.56 Å². The van der Waals surface area contributed by atoms with E-state index in [0.29, 0.717) is 21.9 Å². The summed E-state index contributed by atoms with van der Waals surface area (Å²) in [4.78, 5) is 44.3. The lowest BCUT2D eigenvalue weighted by Crippen LogP contribution is -2.44. The number of amides is 1. The van der Waals surface area contributed by atoms with Gasteiger partial charge in [0.1, 0.15) is 39.6 Å². The number of aryl methyl sites for hydroxylation is 1. The van der Waals surface area contributed by atoms with Crippen LogP contribution in [0.25, 0.3) is 15.2 Å². The highest BCUT2D eigenvalue weighted by molar-refractivity contribution is 7.21. The third-order valence-corrected chi connectivity index (χ3v) is 8.38. The summed E-state index contributed by atoms with van der Waals surface area (Å²) in [6, 6.07) is 4.71. The molecule has 5 rings (SSSR count). The van der Waals surface area contributed by atoms with Crippen LogP contribution in [0.1, 0.15) is 29.7 Å². The number of likely N-dealkylation sites (tertiary alicyclic amines) is 1. The predicted octanol–water partition coefficient (Wildman–Crippen LogP) is 1.96. The minimum absolute atomic E-state index is 0.0880. The number of likely N-dealkylation sites (N-methyl/N-ethyl adjacent to an activating group) is 1. The summed E-state index contributed by atoms with van der Waals surface area (Å²) in [5.41, 5.74) is -0.498. The molecule has 4 aromatic rings. The van der Waals surface area contributed by atoms with Crippen LogP contribution in [0.5, 0.6) is 5.75 Å². The van der Waals surface area contributed by atoms with Crippen molar-refractivity contribution >= 4 is 27.5 Å². The van der Waals surface area contributed by atoms with Crippen molar-refractivity contribution < 1.29 is 23.4 Å². The Kier molecular flexibility index (Phi) is 8.48. The average Bonchev–Trinajstić information content (AvgIpc) is 3.70. The van der Waals surface area contributed by atoms with Gasteiger partial charge in [-0.2, -0.15) is 15.5 Å². The molecule has 3 aromatic heterocycles. The van der Waals surface area contributed by atoms with Crippen LogP contribution >= 0.6 is 11.3 Å². The summed E-state index contributed by atoms with van der Waals surface area (Å²) >= 11 is 1.14. The molecule has 220 valence electrons. The fourth-order valence-corrected chi connectivity index (χ4v) is 6.26. The SMILES string of the molecule is COCCO[C@@H](Cn1c(=O)n([C@@H]2CCN(C)C2=O)c(=O)c2c(C)c(-n3nccn3)sc21)c1cc(F)ccc1OCC#N. The van der Waals surface area contributed by atoms with E-state index in [1.54, 1.807) is 14.0 Å². The number of carbonyl (C=O) groups is 1. The van der Waals surface area contributed by atoms with Crippen molar-refractivity contribution in [2.45, 2.75) is 32.0 Å². The van der Waals surface area contributed by atoms with Crippen molar-refractivity contribution in [2.24, 2.45) is 0 Å². The van der Waals surface area contributed by atoms with Crippen LogP contribution in [0, 0.1) is 24.1 Å². The molecule has 0 aliphatic carbocycles. The van der Waals surface area contributed by atoms with E-state index < -0.39 is 29.2 Å². The number of rotatable bonds is 11. The van der Waals surface area contributed by atoms with Crippen LogP contribution < -0.4 is 16.0 Å². The predicted molar refractivity (Wildman–Crippen MR) is 149 cm³/mol. The van der Waals surface area contributed by atoms with E-state index in [-0.39, 0.29) is 55.4 Å². The maximum absolute atomic E-state index is 14.5. The highest BCUT2D eigenvalue weighted by Gasteiger charge is 2.35. The molecule has 1 aromatic carbocycles. The maximum Gasteiger partial charge on any atom is 0.332 e. The Hall–Kier alpha value is -4.39. The van der Waals surface area contributed by atoms with Gasteiger partial charge in [0.15, 0.2) is 6.61 Å². The normalized spacial score (nSPS) is 15.8. The van der Waals surface area contributed by atoms with Gasteiger partial charge in [0.2, 0.25) is 5.91 Å². The highest BCUT2D eigenvalue weighted by Crippen LogP contribution is 2.34. The van der Waals surface area contributed by atoms with E-state index in [2.05, 4.69) is 10.2 Å². The molecule has 1 aliphatic rings. The van der Waals surface area contributed by atoms with E-state index in [0.717, 1.165) is 15.9 Å². The number of ether oxygens (including phenoxy) is 3. The Balaban J connectivity index is 1.74. The molecule has 1 saturated heterocycles. The maximum atomic E-state index is 14.5. The van der Waals surface area contributed by atoms with Gasteiger partial charge in [-0.3, -0.25) is 14.2 Å². The second-order valence-corrected chi connectivity index (χ2v) is 10.6. The second-order valence-electron chi connectivity index (χ2n) is 9.64. The zero-order chi connectivity index (χ0) is 30.0. The molecule has 13 nitrogen and oxygen atoms in total. The molecule has 4 heterocycles. The van der Waals surface area contributed by atoms with Crippen molar-refractivity contribution in [3.05, 3.63) is 68.4 Å². The molecule has 0 bridgehead atoms. The van der Waals surface area contributed by atoms with Gasteiger partial charge in [0.05, 0.1) is 37.5 Å². The van der Waals surface area contributed by atoms with Crippen molar-refractivity contribution in [3.63, 3.8) is 0 Å². The first-order valence-corrected chi connectivity index (χ1v) is 13.9. The minimum Gasteiger partial charge on any atom is -0.478 e. The standard InChI is InChI=1S/C27H28FN7O6S/c1-16-22-24(37)34(19-6-10-32(2)23(19)36)27(38)33(26(22)42-25(16)35-30-8-9-31-35)15-21(41-13-12-39-3)18-14-17(28)4-5-20(18)40-11-7-29/h4-5,8-9,14,19,21H,6,10-13,15H2,1-3H3/t19-,21+/m1/s1. The van der Waals surface area contributed by atoms with E-state index in [1.165, 1.54) is 52.0 Å². The monoisotopic (exact) mass is 597 g/mol. The molecule has 0 unspecified atom stereocenters. The molecule has 42 heavy (non-hydrogen) atoms. The molecule has 0 radical (unpaired) electrons. The van der Waals surface area contributed by atoms with Crippen LogP contribution in [-0.2, 0) is 20.8 Å². The van der Waals surface area contributed by atoms with Crippen molar-refractivity contribution in [3.8, 4) is 16.8 Å². The summed E-state index contributed by atoms with van der Waals surface area (Å²) in [5, 5.41) is 18.2. The van der Waals surface area contributed by atoms with Gasteiger partial charge in [0, 0.05) is 31.8 Å². The fraction of sp³-hybridized carbons (Fsp3) is 0.407. The first-order chi connectivity index (χ1) is 20.3. The summed E-state index contributed by atoms with van der Waals surface area (Å²) in [5.74, 6) is -0.711. The largest absolute Gasteiger partial charge is 0.478 e. The van der Waals surface area contributed by atoms with Crippen molar-refractivity contribution in [2.75, 3.05) is 40.5 Å². The van der Waals surface area contributed by atoms with Crippen LogP contribution in [0.4, 0.5) is 4.39 Å². The summed E-state index contributed by atoms with van der Waals surface area (Å²) in [6.07, 6.45) is 2.31. The molecule has 1 fully saturated rings. The van der Waals surface area contributed by atoms with Crippen LogP contribution in [0.3, 0.4) is 0 Å². The smallest absolute Gasteiger partial charge is 0.332 e. The molecular weight excluding hydrogens is 569 g/mol. The third kappa shape index (κ3) is 5.31. The Bertz CT molecular complexity index is 1770. The Labute approximate surface area is 242 Å². The minimum atomic E-state index is -0.979. The van der Waals surface area contributed by atoms with E-state index in [4.69, 9.17) is 19.5 Å². The van der Waals surface area contributed by atoms with Gasteiger partial charge in [-0.25, -0.2) is 13.8 Å². The Morgan fingerprint density at radius 2 is 1.98 bits per heavy atom. The van der Waals surface area contributed by atoms with Crippen LogP contribution in [0.15, 0.2) is 40.2 Å². The van der Waals surface area contributed by atoms with Gasteiger partial charge < -0.3 is 19.1 Å². The molecule has 15 heteroatoms. The lowest BCUT2D eigenvalue weighted by atomic mass is 10.1. The third-order valence-electron chi connectivity index (χ3n) is 7.09. The number of nitriles is 1. The Morgan fingerprint density at radius 3 is 2.64 bits per heavy atom. The lowest BCUT2D eigenvalue weighted by molar-refractivity contribution is -0.129. The number of carbonyl (C=O) groups excluding carboxylic acids is 1. The van der Waals surface area contributed by atoms with Crippen molar-refractivity contribution in [1.82, 2.24) is 29.0 Å². The zero-order valence-corrected chi connectivity index (χ0v) is 24.0. The van der Waals surface area contributed by atoms with Gasteiger partial charge in [-0.1, -0.05) is 11.3 Å².